The largest absolute Gasteiger partial charge is 0.418 e. The van der Waals surface area contributed by atoms with Gasteiger partial charge in [0.2, 0.25) is 0 Å². The van der Waals surface area contributed by atoms with Crippen molar-refractivity contribution in [3.8, 4) is 0 Å². The maximum absolute atomic E-state index is 5.93. The van der Waals surface area contributed by atoms with Crippen molar-refractivity contribution in [2.24, 2.45) is 11.8 Å². The van der Waals surface area contributed by atoms with Crippen LogP contribution in [0.1, 0.15) is 40.5 Å². The highest BCUT2D eigenvalue weighted by atomic mass is 33.7. The quantitative estimate of drug-likeness (QED) is 0.119. The van der Waals surface area contributed by atoms with Crippen molar-refractivity contribution >= 4 is 57.9 Å². The lowest BCUT2D eigenvalue weighted by Crippen LogP contribution is -2.30. The van der Waals surface area contributed by atoms with Gasteiger partial charge in [-0.2, -0.15) is 0 Å². The zero-order chi connectivity index (χ0) is 20.1. The third kappa shape index (κ3) is 16.7. The van der Waals surface area contributed by atoms with Crippen LogP contribution >= 0.6 is 41.2 Å². The molecule has 0 saturated carbocycles. The summed E-state index contributed by atoms with van der Waals surface area (Å²) in [4.78, 5) is 0. The molecule has 0 amide bonds. The number of hydrogen-bond acceptors (Lipinski definition) is 6. The normalized spacial score (nSPS) is 15.2. The molecule has 0 bridgehead atoms. The standard InChI is InChI=1S/C18H42O2S4Si2/c1-9-19-25(5,6)13-11-17(3)15-21-23-24-22-16-18(4)12-14-26(7,8)20-10-2/h17-18H,9-16H2,1-8H3. The monoisotopic (exact) mass is 474 g/mol. The molecular weight excluding hydrogens is 433 g/mol. The van der Waals surface area contributed by atoms with Crippen molar-refractivity contribution in [1.82, 2.24) is 0 Å². The van der Waals surface area contributed by atoms with Gasteiger partial charge in [-0.1, -0.05) is 48.3 Å². The molecule has 8 heteroatoms. The summed E-state index contributed by atoms with van der Waals surface area (Å²) < 4.78 is 11.9. The molecule has 2 unspecified atom stereocenters. The molecule has 0 N–H and O–H groups in total. The van der Waals surface area contributed by atoms with Gasteiger partial charge in [-0.05, 0) is 83.6 Å². The van der Waals surface area contributed by atoms with Crippen LogP contribution < -0.4 is 0 Å². The molecule has 158 valence electrons. The molecule has 0 aliphatic rings. The molecule has 0 aliphatic carbocycles. The summed E-state index contributed by atoms with van der Waals surface area (Å²) in [6.07, 6.45) is 2.61. The Balaban J connectivity index is 3.63. The average molecular weight is 475 g/mol. The molecule has 2 nitrogen and oxygen atoms in total. The summed E-state index contributed by atoms with van der Waals surface area (Å²) >= 11 is 0. The summed E-state index contributed by atoms with van der Waals surface area (Å²) in [6, 6.07) is 2.57. The lowest BCUT2D eigenvalue weighted by molar-refractivity contribution is 0.326. The summed E-state index contributed by atoms with van der Waals surface area (Å²) in [6.45, 7) is 20.1. The first-order chi connectivity index (χ1) is 12.1. The van der Waals surface area contributed by atoms with E-state index in [0.29, 0.717) is 0 Å². The van der Waals surface area contributed by atoms with Crippen molar-refractivity contribution in [1.29, 1.82) is 0 Å². The van der Waals surface area contributed by atoms with E-state index in [-0.39, 0.29) is 0 Å². The van der Waals surface area contributed by atoms with E-state index in [4.69, 9.17) is 8.85 Å². The van der Waals surface area contributed by atoms with Gasteiger partial charge in [-0.25, -0.2) is 0 Å². The molecule has 0 fully saturated rings. The maximum Gasteiger partial charge on any atom is 0.186 e. The van der Waals surface area contributed by atoms with Gasteiger partial charge in [0.15, 0.2) is 16.6 Å². The molecule has 0 heterocycles. The molecule has 0 aromatic rings. The predicted octanol–water partition coefficient (Wildman–Crippen LogP) is 8.20. The van der Waals surface area contributed by atoms with Gasteiger partial charge >= 0.3 is 0 Å². The summed E-state index contributed by atoms with van der Waals surface area (Å²) in [5, 5.41) is 0. The lowest BCUT2D eigenvalue weighted by atomic mass is 10.2. The molecular formula is C18H42O2S4Si2. The van der Waals surface area contributed by atoms with Gasteiger partial charge in [0.25, 0.3) is 0 Å². The van der Waals surface area contributed by atoms with Crippen LogP contribution in [-0.2, 0) is 8.85 Å². The minimum Gasteiger partial charge on any atom is -0.418 e. The molecule has 0 aromatic heterocycles. The highest BCUT2D eigenvalue weighted by Gasteiger charge is 2.23. The van der Waals surface area contributed by atoms with E-state index < -0.39 is 16.6 Å². The van der Waals surface area contributed by atoms with Crippen LogP contribution in [0.25, 0.3) is 0 Å². The van der Waals surface area contributed by atoms with Crippen molar-refractivity contribution in [2.45, 2.75) is 78.8 Å². The van der Waals surface area contributed by atoms with E-state index >= 15 is 0 Å². The Hall–Kier alpha value is 1.75. The highest BCUT2D eigenvalue weighted by molar-refractivity contribution is 9.26. The van der Waals surface area contributed by atoms with Gasteiger partial charge in [0, 0.05) is 24.7 Å². The molecule has 2 atom stereocenters. The third-order valence-electron chi connectivity index (χ3n) is 4.38. The minimum absolute atomic E-state index is 0.787. The number of hydrogen-bond donors (Lipinski definition) is 0. The van der Waals surface area contributed by atoms with E-state index in [1.165, 1.54) is 36.4 Å². The maximum atomic E-state index is 5.93. The fourth-order valence-electron chi connectivity index (χ4n) is 2.61. The van der Waals surface area contributed by atoms with Crippen molar-refractivity contribution in [2.75, 3.05) is 24.7 Å². The fourth-order valence-corrected chi connectivity index (χ4v) is 13.6. The SMILES string of the molecule is CCO[Si](C)(C)CCC(C)CSSSSCC(C)CC[Si](C)(C)OCC. The Morgan fingerprint density at radius 3 is 1.35 bits per heavy atom. The molecule has 0 aliphatic heterocycles. The molecule has 0 saturated heterocycles. The molecule has 0 radical (unpaired) electrons. The number of rotatable bonds is 17. The van der Waals surface area contributed by atoms with Gasteiger partial charge in [0.1, 0.15) is 0 Å². The summed E-state index contributed by atoms with van der Waals surface area (Å²) in [5.74, 6) is 4.07. The van der Waals surface area contributed by atoms with Crippen LogP contribution in [0, 0.1) is 11.8 Å². The summed E-state index contributed by atoms with van der Waals surface area (Å²) in [5.41, 5.74) is 0. The van der Waals surface area contributed by atoms with Crippen molar-refractivity contribution in [3.63, 3.8) is 0 Å². The van der Waals surface area contributed by atoms with Crippen molar-refractivity contribution < 1.29 is 8.85 Å². The van der Waals surface area contributed by atoms with Gasteiger partial charge in [-0.15, -0.1) is 0 Å². The van der Waals surface area contributed by atoms with Gasteiger partial charge < -0.3 is 8.85 Å². The molecule has 0 aromatic carbocycles. The van der Waals surface area contributed by atoms with E-state index in [0.717, 1.165) is 25.0 Å². The second-order valence-electron chi connectivity index (χ2n) is 8.38. The minimum atomic E-state index is -1.40. The zero-order valence-corrected chi connectivity index (χ0v) is 23.5. The first-order valence-electron chi connectivity index (χ1n) is 9.97. The van der Waals surface area contributed by atoms with E-state index in [1.807, 2.05) is 41.2 Å². The van der Waals surface area contributed by atoms with E-state index in [1.54, 1.807) is 0 Å². The van der Waals surface area contributed by atoms with Crippen LogP contribution in [0.3, 0.4) is 0 Å². The highest BCUT2D eigenvalue weighted by Crippen LogP contribution is 2.44. The second kappa shape index (κ2) is 15.6. The predicted molar refractivity (Wildman–Crippen MR) is 135 cm³/mol. The summed E-state index contributed by atoms with van der Waals surface area (Å²) in [7, 11) is 5.17. The Bertz CT molecular complexity index is 315. The lowest BCUT2D eigenvalue weighted by Gasteiger charge is -2.23. The second-order valence-corrected chi connectivity index (χ2v) is 23.1. The van der Waals surface area contributed by atoms with E-state index in [2.05, 4.69) is 53.9 Å². The molecule has 26 heavy (non-hydrogen) atoms. The van der Waals surface area contributed by atoms with Gasteiger partial charge in [-0.3, -0.25) is 0 Å². The first kappa shape index (κ1) is 27.8. The van der Waals surface area contributed by atoms with Crippen LogP contribution in [0.4, 0.5) is 0 Å². The zero-order valence-electron chi connectivity index (χ0n) is 18.3. The molecule has 0 rings (SSSR count). The van der Waals surface area contributed by atoms with Gasteiger partial charge in [0.05, 0.1) is 0 Å². The Morgan fingerprint density at radius 2 is 1.04 bits per heavy atom. The smallest absolute Gasteiger partial charge is 0.186 e. The topological polar surface area (TPSA) is 18.5 Å². The van der Waals surface area contributed by atoms with E-state index in [9.17, 15) is 0 Å². The average Bonchev–Trinajstić information content (AvgIpc) is 2.54. The van der Waals surface area contributed by atoms with Crippen LogP contribution in [0.5, 0.6) is 0 Å². The Labute approximate surface area is 181 Å². The van der Waals surface area contributed by atoms with Crippen LogP contribution in [0.2, 0.25) is 38.3 Å². The first-order valence-corrected chi connectivity index (χ1v) is 21.4. The van der Waals surface area contributed by atoms with Crippen LogP contribution in [-0.4, -0.2) is 41.4 Å². The Morgan fingerprint density at radius 1 is 0.692 bits per heavy atom. The molecule has 0 spiro atoms. The fraction of sp³-hybridized carbons (Fsp3) is 1.00. The van der Waals surface area contributed by atoms with Crippen LogP contribution in [0.15, 0.2) is 0 Å². The Kier molecular flexibility index (Phi) is 16.6. The van der Waals surface area contributed by atoms with Crippen molar-refractivity contribution in [3.05, 3.63) is 0 Å². The third-order valence-corrected chi connectivity index (χ3v) is 16.5.